The fourth-order valence-electron chi connectivity index (χ4n) is 5.83. The van der Waals surface area contributed by atoms with Gasteiger partial charge in [0.05, 0.1) is 47.8 Å². The summed E-state index contributed by atoms with van der Waals surface area (Å²) in [5, 5.41) is 34.0. The number of methoxy groups -OCH3 is 1. The summed E-state index contributed by atoms with van der Waals surface area (Å²) in [6.45, 7) is 2.26. The Hall–Kier alpha value is -4.22. The molecule has 8 heteroatoms. The lowest BCUT2D eigenvalue weighted by molar-refractivity contribution is -0.0877. The van der Waals surface area contributed by atoms with Crippen LogP contribution in [-0.2, 0) is 15.9 Å². The maximum atomic E-state index is 11.5. The largest absolute Gasteiger partial charge is 0.497 e. The maximum Gasteiger partial charge on any atom is 0.216 e. The summed E-state index contributed by atoms with van der Waals surface area (Å²) in [6, 6.07) is 16.6. The van der Waals surface area contributed by atoms with Crippen molar-refractivity contribution in [1.82, 2.24) is 9.55 Å². The van der Waals surface area contributed by atoms with Crippen molar-refractivity contribution in [3.63, 3.8) is 0 Å². The summed E-state index contributed by atoms with van der Waals surface area (Å²) in [4.78, 5) is 4.23. The van der Waals surface area contributed by atoms with Crippen LogP contribution in [0.4, 0.5) is 0 Å². The van der Waals surface area contributed by atoms with E-state index in [0.717, 1.165) is 10.8 Å². The number of pyridine rings is 1. The molecule has 8 nitrogen and oxygen atoms in total. The van der Waals surface area contributed by atoms with E-state index in [9.17, 15) is 15.5 Å². The van der Waals surface area contributed by atoms with Crippen LogP contribution in [0.25, 0.3) is 16.5 Å². The predicted octanol–water partition coefficient (Wildman–Crippen LogP) is 5.02. The van der Waals surface area contributed by atoms with Crippen LogP contribution < -0.4 is 9.47 Å². The van der Waals surface area contributed by atoms with E-state index in [-0.39, 0.29) is 11.8 Å². The van der Waals surface area contributed by atoms with Gasteiger partial charge in [-0.3, -0.25) is 4.57 Å². The van der Waals surface area contributed by atoms with E-state index in [2.05, 4.69) is 11.1 Å². The third-order valence-electron chi connectivity index (χ3n) is 7.49. The third-order valence-corrected chi connectivity index (χ3v) is 7.49. The molecule has 0 amide bonds. The summed E-state index contributed by atoms with van der Waals surface area (Å²) in [7, 11) is 1.59. The van der Waals surface area contributed by atoms with Crippen molar-refractivity contribution in [2.75, 3.05) is 13.7 Å². The van der Waals surface area contributed by atoms with Crippen molar-refractivity contribution in [3.8, 4) is 35.1 Å². The first-order valence-corrected chi connectivity index (χ1v) is 11.8. The standard InChI is InChI=1S/C28H25N3O5/c1-27-10-11-28(36-27,12-14-35-22-15-18(34-2)9-13-30-22)24-23(27)25(32)31(26(24)33)21-8-7-17(16-29)19-5-3-4-6-20(19)21/h3-9,13,15,32-33H,10-12,14H2,1-2H3/t27-,28-/m1/s1. The van der Waals surface area contributed by atoms with Gasteiger partial charge in [-0.05, 0) is 38.0 Å². The first-order valence-electron chi connectivity index (χ1n) is 11.8. The van der Waals surface area contributed by atoms with Gasteiger partial charge in [0.2, 0.25) is 17.6 Å². The fourth-order valence-corrected chi connectivity index (χ4v) is 5.83. The Bertz CT molecular complexity index is 1560. The molecule has 0 saturated carbocycles. The molecule has 2 atom stereocenters. The lowest BCUT2D eigenvalue weighted by Gasteiger charge is -2.26. The smallest absolute Gasteiger partial charge is 0.216 e. The zero-order chi connectivity index (χ0) is 25.1. The summed E-state index contributed by atoms with van der Waals surface area (Å²) in [5.41, 5.74) is 0.826. The first-order chi connectivity index (χ1) is 17.4. The number of aromatic hydroxyl groups is 2. The second kappa shape index (κ2) is 7.90. The lowest BCUT2D eigenvalue weighted by atomic mass is 9.78. The minimum Gasteiger partial charge on any atom is -0.497 e. The molecule has 2 aliphatic rings. The molecule has 0 spiro atoms. The molecule has 36 heavy (non-hydrogen) atoms. The van der Waals surface area contributed by atoms with Gasteiger partial charge in [-0.2, -0.15) is 5.26 Å². The van der Waals surface area contributed by atoms with Gasteiger partial charge in [0.15, 0.2) is 0 Å². The Labute approximate surface area is 207 Å². The number of nitriles is 1. The number of ether oxygens (including phenoxy) is 3. The second-order valence-corrected chi connectivity index (χ2v) is 9.48. The topological polar surface area (TPSA) is 110 Å². The predicted molar refractivity (Wildman–Crippen MR) is 132 cm³/mol. The average Bonchev–Trinajstić information content (AvgIpc) is 3.48. The van der Waals surface area contributed by atoms with Crippen molar-refractivity contribution >= 4 is 10.8 Å². The molecule has 0 radical (unpaired) electrons. The highest BCUT2D eigenvalue weighted by Gasteiger charge is 2.61. The molecular formula is C28H25N3O5. The van der Waals surface area contributed by atoms with Gasteiger partial charge in [0.1, 0.15) is 11.4 Å². The van der Waals surface area contributed by atoms with Crippen LogP contribution in [0.1, 0.15) is 42.9 Å². The number of hydrogen-bond donors (Lipinski definition) is 2. The zero-order valence-electron chi connectivity index (χ0n) is 20.0. The summed E-state index contributed by atoms with van der Waals surface area (Å²) in [6.07, 6.45) is 3.49. The summed E-state index contributed by atoms with van der Waals surface area (Å²) >= 11 is 0. The highest BCUT2D eigenvalue weighted by molar-refractivity contribution is 5.95. The highest BCUT2D eigenvalue weighted by Crippen LogP contribution is 2.65. The highest BCUT2D eigenvalue weighted by atomic mass is 16.5. The van der Waals surface area contributed by atoms with Crippen LogP contribution in [-0.4, -0.2) is 33.5 Å². The van der Waals surface area contributed by atoms with Crippen LogP contribution in [0, 0.1) is 11.3 Å². The summed E-state index contributed by atoms with van der Waals surface area (Å²) < 4.78 is 19.1. The van der Waals surface area contributed by atoms with E-state index in [4.69, 9.17) is 14.2 Å². The summed E-state index contributed by atoms with van der Waals surface area (Å²) in [5.74, 6) is 0.996. The quantitative estimate of drug-likeness (QED) is 0.396. The minimum absolute atomic E-state index is 0.0446. The molecule has 0 unspecified atom stereocenters. The monoisotopic (exact) mass is 483 g/mol. The Morgan fingerprint density at radius 2 is 1.86 bits per heavy atom. The van der Waals surface area contributed by atoms with Crippen LogP contribution in [0.2, 0.25) is 0 Å². The molecule has 0 aliphatic carbocycles. The van der Waals surface area contributed by atoms with E-state index in [1.54, 1.807) is 37.6 Å². The molecule has 4 aromatic rings. The number of aromatic nitrogens is 2. The van der Waals surface area contributed by atoms with Crippen molar-refractivity contribution in [2.24, 2.45) is 0 Å². The molecule has 182 valence electrons. The molecule has 2 aromatic carbocycles. The minimum atomic E-state index is -0.793. The van der Waals surface area contributed by atoms with Gasteiger partial charge in [0, 0.05) is 29.5 Å². The van der Waals surface area contributed by atoms with E-state index in [1.807, 2.05) is 31.2 Å². The van der Waals surface area contributed by atoms with Gasteiger partial charge >= 0.3 is 0 Å². The molecule has 1 fully saturated rings. The average molecular weight is 484 g/mol. The maximum absolute atomic E-state index is 11.5. The molecule has 2 bridgehead atoms. The van der Waals surface area contributed by atoms with Crippen molar-refractivity contribution < 1.29 is 24.4 Å². The first kappa shape index (κ1) is 22.3. The van der Waals surface area contributed by atoms with E-state index in [0.29, 0.717) is 59.9 Å². The number of benzene rings is 2. The molecule has 2 aromatic heterocycles. The van der Waals surface area contributed by atoms with Crippen molar-refractivity contribution in [3.05, 3.63) is 71.4 Å². The molecule has 2 N–H and O–H groups in total. The molecule has 6 rings (SSSR count). The number of rotatable bonds is 6. The number of fused-ring (bicyclic) bond motifs is 6. The number of nitrogens with zero attached hydrogens (tertiary/aromatic N) is 3. The van der Waals surface area contributed by atoms with Gasteiger partial charge in [-0.1, -0.05) is 24.3 Å². The molecule has 4 heterocycles. The Morgan fingerprint density at radius 1 is 1.08 bits per heavy atom. The van der Waals surface area contributed by atoms with Crippen LogP contribution in [0.5, 0.6) is 23.4 Å². The van der Waals surface area contributed by atoms with Crippen LogP contribution >= 0.6 is 0 Å². The van der Waals surface area contributed by atoms with Gasteiger partial charge in [-0.25, -0.2) is 4.98 Å². The van der Waals surface area contributed by atoms with Gasteiger partial charge in [0.25, 0.3) is 0 Å². The molecular weight excluding hydrogens is 458 g/mol. The zero-order valence-corrected chi connectivity index (χ0v) is 20.0. The lowest BCUT2D eigenvalue weighted by Crippen LogP contribution is -2.25. The molecule has 1 saturated heterocycles. The van der Waals surface area contributed by atoms with Crippen LogP contribution in [0.3, 0.4) is 0 Å². The Morgan fingerprint density at radius 3 is 2.64 bits per heavy atom. The van der Waals surface area contributed by atoms with E-state index in [1.165, 1.54) is 4.57 Å². The fraction of sp³-hybridized carbons (Fsp3) is 0.286. The second-order valence-electron chi connectivity index (χ2n) is 9.48. The van der Waals surface area contributed by atoms with E-state index >= 15 is 0 Å². The Balaban J connectivity index is 1.41. The van der Waals surface area contributed by atoms with Crippen molar-refractivity contribution in [1.29, 1.82) is 5.26 Å². The van der Waals surface area contributed by atoms with Crippen LogP contribution in [0.15, 0.2) is 54.7 Å². The number of hydrogen-bond acceptors (Lipinski definition) is 7. The Kier molecular flexibility index (Phi) is 4.88. The third kappa shape index (κ3) is 3.06. The van der Waals surface area contributed by atoms with Gasteiger partial charge in [-0.15, -0.1) is 0 Å². The SMILES string of the molecule is COc1ccnc(OCC[C@@]23CC[C@@](C)(O2)c2c3c(O)n(-c3ccc(C#N)c4ccccc34)c2O)c1. The van der Waals surface area contributed by atoms with E-state index < -0.39 is 11.2 Å². The van der Waals surface area contributed by atoms with Crippen molar-refractivity contribution in [2.45, 2.75) is 37.4 Å². The molecule has 2 aliphatic heterocycles. The van der Waals surface area contributed by atoms with Gasteiger partial charge < -0.3 is 24.4 Å². The normalized spacial score (nSPS) is 21.9.